The number of H-pyrrole nitrogens is 1. The van der Waals surface area contributed by atoms with Crippen molar-refractivity contribution >= 4 is 17.2 Å². The van der Waals surface area contributed by atoms with Gasteiger partial charge in [0.15, 0.2) is 0 Å². The van der Waals surface area contributed by atoms with E-state index >= 15 is 4.39 Å². The Morgan fingerprint density at radius 3 is 2.71 bits per heavy atom. The van der Waals surface area contributed by atoms with Crippen LogP contribution in [0.2, 0.25) is 0 Å². The summed E-state index contributed by atoms with van der Waals surface area (Å²) < 4.78 is 23.6. The van der Waals surface area contributed by atoms with E-state index in [0.717, 1.165) is 17.5 Å². The summed E-state index contributed by atoms with van der Waals surface area (Å²) in [6.07, 6.45) is 3.85. The van der Waals surface area contributed by atoms with Gasteiger partial charge in [0.1, 0.15) is 17.3 Å². The molecular formula is C24H30FN7O3. The molecule has 0 aliphatic carbocycles. The number of unbranched alkanes of at least 4 members (excludes halogenated alkanes) is 1. The molecule has 1 aliphatic rings. The summed E-state index contributed by atoms with van der Waals surface area (Å²) in [7, 11) is 0. The van der Waals surface area contributed by atoms with Crippen LogP contribution in [0.25, 0.3) is 11.3 Å². The maximum Gasteiger partial charge on any atom is 0.366 e. The first kappa shape index (κ1) is 24.4. The maximum absolute atomic E-state index is 15.3. The minimum atomic E-state index is -1.10. The number of amides is 1. The summed E-state index contributed by atoms with van der Waals surface area (Å²) in [5, 5.41) is 17.0. The molecule has 0 fully saturated rings. The van der Waals surface area contributed by atoms with Crippen LogP contribution in [0.5, 0.6) is 5.75 Å². The van der Waals surface area contributed by atoms with Crippen LogP contribution in [0.1, 0.15) is 58.2 Å². The van der Waals surface area contributed by atoms with Crippen LogP contribution in [0.3, 0.4) is 0 Å². The minimum Gasteiger partial charge on any atom is -0.493 e. The number of nitrogens with one attached hydrogen (secondary N) is 2. The fourth-order valence-electron chi connectivity index (χ4n) is 4.24. The third-order valence-electron chi connectivity index (χ3n) is 5.91. The van der Waals surface area contributed by atoms with E-state index in [2.05, 4.69) is 46.7 Å². The highest BCUT2D eigenvalue weighted by atomic mass is 19.1. The molecule has 10 nitrogen and oxygen atoms in total. The lowest BCUT2D eigenvalue weighted by atomic mass is 9.80. The van der Waals surface area contributed by atoms with E-state index in [9.17, 15) is 9.59 Å². The zero-order chi connectivity index (χ0) is 25.2. The first-order valence-electron chi connectivity index (χ1n) is 11.7. The predicted molar refractivity (Wildman–Crippen MR) is 128 cm³/mol. The predicted octanol–water partition coefficient (Wildman–Crippen LogP) is 2.94. The van der Waals surface area contributed by atoms with Gasteiger partial charge in [0.05, 0.1) is 17.8 Å². The van der Waals surface area contributed by atoms with Crippen molar-refractivity contribution in [2.24, 2.45) is 5.92 Å². The molecule has 3 aromatic rings. The number of tetrazole rings is 1. The summed E-state index contributed by atoms with van der Waals surface area (Å²) in [6, 6.07) is 6.44. The van der Waals surface area contributed by atoms with Crippen LogP contribution in [0.4, 0.5) is 4.39 Å². The highest BCUT2D eigenvalue weighted by Crippen LogP contribution is 2.40. The summed E-state index contributed by atoms with van der Waals surface area (Å²) in [5.74, 6) is -0.274. The Hall–Kier alpha value is -3.76. The quantitative estimate of drug-likeness (QED) is 0.452. The third-order valence-corrected chi connectivity index (χ3v) is 5.91. The van der Waals surface area contributed by atoms with Gasteiger partial charge in [0.2, 0.25) is 0 Å². The van der Waals surface area contributed by atoms with Crippen LogP contribution >= 0.6 is 0 Å². The maximum atomic E-state index is 15.3. The molecule has 186 valence electrons. The number of carbonyl (C=O) groups is 1. The van der Waals surface area contributed by atoms with Crippen molar-refractivity contribution in [3.8, 4) is 5.75 Å². The smallest absolute Gasteiger partial charge is 0.366 e. The number of ether oxygens (including phenoxy) is 1. The molecule has 1 amide bonds. The Balaban J connectivity index is 1.76. The van der Waals surface area contributed by atoms with Crippen molar-refractivity contribution < 1.29 is 13.9 Å². The average molecular weight is 484 g/mol. The van der Waals surface area contributed by atoms with E-state index in [1.807, 2.05) is 6.20 Å². The number of aromatic amines is 1. The molecule has 2 aromatic heterocycles. The number of hydrogen-bond donors (Lipinski definition) is 2. The number of hydrogen-bond acceptors (Lipinski definition) is 6. The molecule has 1 aliphatic heterocycles. The van der Waals surface area contributed by atoms with Gasteiger partial charge in [-0.1, -0.05) is 33.3 Å². The molecule has 0 unspecified atom stereocenters. The highest BCUT2D eigenvalue weighted by Gasteiger charge is 2.41. The normalized spacial score (nSPS) is 18.3. The molecule has 4 rings (SSSR count). The van der Waals surface area contributed by atoms with E-state index in [-0.39, 0.29) is 12.1 Å². The van der Waals surface area contributed by atoms with E-state index in [1.165, 1.54) is 6.07 Å². The van der Waals surface area contributed by atoms with Crippen LogP contribution in [0.15, 0.2) is 35.3 Å². The summed E-state index contributed by atoms with van der Waals surface area (Å²) in [5.41, 5.74) is -0.459. The van der Waals surface area contributed by atoms with Crippen molar-refractivity contribution in [3.05, 3.63) is 58.0 Å². The van der Waals surface area contributed by atoms with Crippen molar-refractivity contribution in [2.45, 2.75) is 59.0 Å². The van der Waals surface area contributed by atoms with Gasteiger partial charge < -0.3 is 10.1 Å². The first-order chi connectivity index (χ1) is 16.7. The fourth-order valence-corrected chi connectivity index (χ4v) is 4.24. The lowest BCUT2D eigenvalue weighted by Gasteiger charge is -2.37. The van der Waals surface area contributed by atoms with E-state index in [0.29, 0.717) is 41.6 Å². The molecule has 0 bridgehead atoms. The van der Waals surface area contributed by atoms with Crippen molar-refractivity contribution in [3.63, 3.8) is 0 Å². The van der Waals surface area contributed by atoms with Crippen LogP contribution in [-0.4, -0.2) is 42.5 Å². The second-order valence-electron chi connectivity index (χ2n) is 9.37. The van der Waals surface area contributed by atoms with Crippen molar-refractivity contribution in [1.82, 2.24) is 35.3 Å². The molecule has 3 heterocycles. The van der Waals surface area contributed by atoms with Crippen LogP contribution in [-0.2, 0) is 16.9 Å². The Morgan fingerprint density at radius 2 is 2.06 bits per heavy atom. The topological polar surface area (TPSA) is 120 Å². The number of carbonyl (C=O) groups excluding carboxylic acids is 1. The number of aromatic nitrogens is 6. The molecule has 2 N–H and O–H groups in total. The van der Waals surface area contributed by atoms with Gasteiger partial charge in [0, 0.05) is 36.4 Å². The van der Waals surface area contributed by atoms with Gasteiger partial charge in [-0.25, -0.2) is 14.3 Å². The molecule has 0 saturated carbocycles. The fraction of sp³-hybridized carbons (Fsp3) is 0.458. The summed E-state index contributed by atoms with van der Waals surface area (Å²) >= 11 is 0. The number of halogens is 1. The zero-order valence-electron chi connectivity index (χ0n) is 20.3. The standard InChI is InChI=1S/C24H30FN7O3/c1-5-6-11-35-16-7-8-18(19(25)12-16)24(4)13-17(20-9-10-31(28-20)14-15(2)3)21(22(33)26-24)32-23(34)27-29-30-32/h7-10,12,15H,5-6,11,13-14H2,1-4H3,(H,26,33)(H,27,30,34)/t24-/m0/s1. The SMILES string of the molecule is CCCCOc1ccc([C@]2(C)CC(c3ccn(CC(C)C)n3)=C(n3nn[nH]c3=O)C(=O)N2)c(F)c1. The van der Waals surface area contributed by atoms with Gasteiger partial charge in [-0.15, -0.1) is 0 Å². The lowest BCUT2D eigenvalue weighted by molar-refractivity contribution is -0.118. The van der Waals surface area contributed by atoms with Crippen LogP contribution in [0, 0.1) is 11.7 Å². The Bertz CT molecular complexity index is 1310. The largest absolute Gasteiger partial charge is 0.493 e. The van der Waals surface area contributed by atoms with E-state index < -0.39 is 23.0 Å². The molecule has 11 heteroatoms. The van der Waals surface area contributed by atoms with Gasteiger partial charge in [-0.05, 0) is 41.8 Å². The number of benzene rings is 1. The molecule has 35 heavy (non-hydrogen) atoms. The van der Waals surface area contributed by atoms with Gasteiger partial charge >= 0.3 is 5.69 Å². The summed E-state index contributed by atoms with van der Waals surface area (Å²) in [4.78, 5) is 25.7. The van der Waals surface area contributed by atoms with E-state index in [4.69, 9.17) is 4.74 Å². The molecule has 1 atom stereocenters. The van der Waals surface area contributed by atoms with Crippen molar-refractivity contribution in [2.75, 3.05) is 6.61 Å². The first-order valence-corrected chi connectivity index (χ1v) is 11.7. The van der Waals surface area contributed by atoms with Gasteiger partial charge in [-0.3, -0.25) is 9.48 Å². The molecule has 0 spiro atoms. The second-order valence-corrected chi connectivity index (χ2v) is 9.37. The molecular weight excluding hydrogens is 453 g/mol. The Morgan fingerprint density at radius 1 is 1.26 bits per heavy atom. The zero-order valence-corrected chi connectivity index (χ0v) is 20.3. The highest BCUT2D eigenvalue weighted by molar-refractivity contribution is 6.22. The monoisotopic (exact) mass is 483 g/mol. The molecule has 0 saturated heterocycles. The molecule has 1 aromatic carbocycles. The summed E-state index contributed by atoms with van der Waals surface area (Å²) in [6.45, 7) is 9.14. The second kappa shape index (κ2) is 9.85. The van der Waals surface area contributed by atoms with Crippen molar-refractivity contribution in [1.29, 1.82) is 0 Å². The third kappa shape index (κ3) is 5.03. The number of rotatable bonds is 9. The van der Waals surface area contributed by atoms with Gasteiger partial charge in [0.25, 0.3) is 5.91 Å². The van der Waals surface area contributed by atoms with Gasteiger partial charge in [-0.2, -0.15) is 9.78 Å². The lowest BCUT2D eigenvalue weighted by Crippen LogP contribution is -2.49. The Kier molecular flexibility index (Phi) is 6.86. The minimum absolute atomic E-state index is 0.0101. The number of nitrogens with zero attached hydrogens (tertiary/aromatic N) is 5. The van der Waals surface area contributed by atoms with E-state index in [1.54, 1.807) is 29.8 Å². The molecule has 0 radical (unpaired) electrons. The van der Waals surface area contributed by atoms with Crippen LogP contribution < -0.4 is 15.7 Å². The average Bonchev–Trinajstić information content (AvgIpc) is 3.42. The Labute approximate surface area is 202 Å².